The second kappa shape index (κ2) is 4.86. The van der Waals surface area contributed by atoms with Gasteiger partial charge in [0.15, 0.2) is 9.84 Å². The van der Waals surface area contributed by atoms with Crippen LogP contribution in [0.2, 0.25) is 0 Å². The first-order valence-corrected chi connectivity index (χ1v) is 8.13. The molecular weight excluding hydrogens is 312 g/mol. The molecule has 94 valence electrons. The van der Waals surface area contributed by atoms with Crippen LogP contribution in [0.15, 0.2) is 51.8 Å². The van der Waals surface area contributed by atoms with Crippen molar-refractivity contribution in [3.8, 4) is 11.1 Å². The molecule has 2 rings (SSSR count). The molecule has 0 radical (unpaired) electrons. The standard InChI is InChI=1S/C14H13BrO2S/c1-10-9-11(7-8-13(10)15)12-5-3-4-6-14(12)18(2,16)17/h3-9H,1-2H3. The van der Waals surface area contributed by atoms with Gasteiger partial charge in [-0.25, -0.2) is 8.42 Å². The van der Waals surface area contributed by atoms with Gasteiger partial charge < -0.3 is 0 Å². The van der Waals surface area contributed by atoms with E-state index in [4.69, 9.17) is 0 Å². The van der Waals surface area contributed by atoms with Crippen molar-refractivity contribution in [2.24, 2.45) is 0 Å². The molecule has 0 N–H and O–H groups in total. The molecule has 2 aromatic rings. The monoisotopic (exact) mass is 324 g/mol. The molecule has 0 spiro atoms. The summed E-state index contributed by atoms with van der Waals surface area (Å²) in [6.45, 7) is 1.98. The smallest absolute Gasteiger partial charge is 0.176 e. The number of sulfone groups is 1. The van der Waals surface area contributed by atoms with E-state index >= 15 is 0 Å². The average Bonchev–Trinajstić information content (AvgIpc) is 2.32. The highest BCUT2D eigenvalue weighted by atomic mass is 79.9. The second-order valence-corrected chi connectivity index (χ2v) is 7.07. The van der Waals surface area contributed by atoms with E-state index < -0.39 is 9.84 Å². The van der Waals surface area contributed by atoms with Gasteiger partial charge in [0.2, 0.25) is 0 Å². The van der Waals surface area contributed by atoms with Crippen molar-refractivity contribution in [2.45, 2.75) is 11.8 Å². The number of rotatable bonds is 2. The summed E-state index contributed by atoms with van der Waals surface area (Å²) in [5.41, 5.74) is 2.74. The maximum Gasteiger partial charge on any atom is 0.176 e. The fraction of sp³-hybridized carbons (Fsp3) is 0.143. The minimum Gasteiger partial charge on any atom is -0.224 e. The van der Waals surface area contributed by atoms with Crippen molar-refractivity contribution >= 4 is 25.8 Å². The molecule has 0 aliphatic carbocycles. The summed E-state index contributed by atoms with van der Waals surface area (Å²) in [5.74, 6) is 0. The summed E-state index contributed by atoms with van der Waals surface area (Å²) in [6, 6.07) is 12.9. The normalized spacial score (nSPS) is 11.5. The minimum absolute atomic E-state index is 0.367. The van der Waals surface area contributed by atoms with Crippen LogP contribution >= 0.6 is 15.9 Å². The molecule has 0 aliphatic rings. The van der Waals surface area contributed by atoms with Gasteiger partial charge in [-0.3, -0.25) is 0 Å². The van der Waals surface area contributed by atoms with Crippen LogP contribution in [0.1, 0.15) is 5.56 Å². The number of hydrogen-bond donors (Lipinski definition) is 0. The van der Waals surface area contributed by atoms with E-state index in [2.05, 4.69) is 15.9 Å². The molecule has 0 bridgehead atoms. The van der Waals surface area contributed by atoms with Crippen LogP contribution in [0.5, 0.6) is 0 Å². The molecule has 0 aliphatic heterocycles. The van der Waals surface area contributed by atoms with Crippen LogP contribution in [-0.4, -0.2) is 14.7 Å². The van der Waals surface area contributed by atoms with Crippen LogP contribution in [0.4, 0.5) is 0 Å². The Labute approximate surface area is 116 Å². The Bertz CT molecular complexity index is 691. The molecule has 0 unspecified atom stereocenters. The van der Waals surface area contributed by atoms with Gasteiger partial charge in [0, 0.05) is 16.3 Å². The molecule has 0 atom stereocenters. The molecule has 0 heterocycles. The third kappa shape index (κ3) is 2.65. The SMILES string of the molecule is Cc1cc(-c2ccccc2S(C)(=O)=O)ccc1Br. The van der Waals surface area contributed by atoms with Gasteiger partial charge in [-0.05, 0) is 30.2 Å². The lowest BCUT2D eigenvalue weighted by atomic mass is 10.0. The molecular formula is C14H13BrO2S. The van der Waals surface area contributed by atoms with Crippen molar-refractivity contribution in [1.82, 2.24) is 0 Å². The maximum atomic E-state index is 11.8. The molecule has 2 nitrogen and oxygen atoms in total. The summed E-state index contributed by atoms with van der Waals surface area (Å²) in [7, 11) is -3.22. The van der Waals surface area contributed by atoms with Gasteiger partial charge in [-0.15, -0.1) is 0 Å². The molecule has 0 aromatic heterocycles. The first-order valence-electron chi connectivity index (χ1n) is 5.45. The second-order valence-electron chi connectivity index (χ2n) is 4.23. The van der Waals surface area contributed by atoms with Crippen molar-refractivity contribution in [2.75, 3.05) is 6.26 Å². The van der Waals surface area contributed by atoms with E-state index in [9.17, 15) is 8.42 Å². The van der Waals surface area contributed by atoms with E-state index in [1.54, 1.807) is 12.1 Å². The van der Waals surface area contributed by atoms with Gasteiger partial charge in [-0.1, -0.05) is 46.3 Å². The lowest BCUT2D eigenvalue weighted by Gasteiger charge is -2.09. The lowest BCUT2D eigenvalue weighted by Crippen LogP contribution is -1.99. The Kier molecular flexibility index (Phi) is 3.59. The lowest BCUT2D eigenvalue weighted by molar-refractivity contribution is 0.602. The zero-order chi connectivity index (χ0) is 13.3. The Hall–Kier alpha value is -1.13. The molecule has 18 heavy (non-hydrogen) atoms. The summed E-state index contributed by atoms with van der Waals surface area (Å²) in [6.07, 6.45) is 1.23. The van der Waals surface area contributed by atoms with Crippen LogP contribution in [0, 0.1) is 6.92 Å². The summed E-state index contributed by atoms with van der Waals surface area (Å²) < 4.78 is 24.6. The van der Waals surface area contributed by atoms with Crippen molar-refractivity contribution in [1.29, 1.82) is 0 Å². The molecule has 0 amide bonds. The van der Waals surface area contributed by atoms with E-state index in [0.717, 1.165) is 21.2 Å². The van der Waals surface area contributed by atoms with Crippen molar-refractivity contribution < 1.29 is 8.42 Å². The maximum absolute atomic E-state index is 11.8. The van der Waals surface area contributed by atoms with Crippen LogP contribution in [0.3, 0.4) is 0 Å². The van der Waals surface area contributed by atoms with Crippen molar-refractivity contribution in [3.63, 3.8) is 0 Å². The Morgan fingerprint density at radius 1 is 1.06 bits per heavy atom. The summed E-state index contributed by atoms with van der Waals surface area (Å²) in [4.78, 5) is 0.367. The minimum atomic E-state index is -3.22. The largest absolute Gasteiger partial charge is 0.224 e. The van der Waals surface area contributed by atoms with E-state index in [1.165, 1.54) is 6.26 Å². The Balaban J connectivity index is 2.68. The molecule has 2 aromatic carbocycles. The highest BCUT2D eigenvalue weighted by Gasteiger charge is 2.14. The molecule has 4 heteroatoms. The first kappa shape index (κ1) is 13.3. The summed E-state index contributed by atoms with van der Waals surface area (Å²) in [5, 5.41) is 0. The third-order valence-electron chi connectivity index (χ3n) is 2.76. The predicted molar refractivity (Wildman–Crippen MR) is 77.4 cm³/mol. The number of halogens is 1. The first-order chi connectivity index (χ1) is 8.39. The van der Waals surface area contributed by atoms with Gasteiger partial charge in [0.25, 0.3) is 0 Å². The van der Waals surface area contributed by atoms with E-state index in [-0.39, 0.29) is 0 Å². The highest BCUT2D eigenvalue weighted by molar-refractivity contribution is 9.10. The highest BCUT2D eigenvalue weighted by Crippen LogP contribution is 2.29. The number of hydrogen-bond acceptors (Lipinski definition) is 2. The van der Waals surface area contributed by atoms with Crippen molar-refractivity contribution in [3.05, 3.63) is 52.5 Å². The van der Waals surface area contributed by atoms with Crippen LogP contribution < -0.4 is 0 Å². The Morgan fingerprint density at radius 2 is 1.72 bits per heavy atom. The zero-order valence-corrected chi connectivity index (χ0v) is 12.5. The quantitative estimate of drug-likeness (QED) is 0.841. The van der Waals surface area contributed by atoms with Gasteiger partial charge in [0.05, 0.1) is 4.90 Å². The third-order valence-corrected chi connectivity index (χ3v) is 4.80. The van der Waals surface area contributed by atoms with E-state index in [1.807, 2.05) is 37.3 Å². The topological polar surface area (TPSA) is 34.1 Å². The van der Waals surface area contributed by atoms with Gasteiger partial charge in [-0.2, -0.15) is 0 Å². The van der Waals surface area contributed by atoms with E-state index in [0.29, 0.717) is 4.90 Å². The average molecular weight is 325 g/mol. The molecule has 0 saturated carbocycles. The predicted octanol–water partition coefficient (Wildman–Crippen LogP) is 3.83. The molecule has 0 saturated heterocycles. The number of aryl methyl sites for hydroxylation is 1. The fourth-order valence-electron chi connectivity index (χ4n) is 1.84. The number of benzene rings is 2. The fourth-order valence-corrected chi connectivity index (χ4v) is 3.00. The Morgan fingerprint density at radius 3 is 2.33 bits per heavy atom. The molecule has 0 fully saturated rings. The van der Waals surface area contributed by atoms with Gasteiger partial charge in [0.1, 0.15) is 0 Å². The van der Waals surface area contributed by atoms with Crippen LogP contribution in [-0.2, 0) is 9.84 Å². The zero-order valence-electron chi connectivity index (χ0n) is 10.1. The summed E-state index contributed by atoms with van der Waals surface area (Å²) >= 11 is 3.44. The van der Waals surface area contributed by atoms with Crippen LogP contribution in [0.25, 0.3) is 11.1 Å². The van der Waals surface area contributed by atoms with Gasteiger partial charge >= 0.3 is 0 Å².